The molecule has 0 unspecified atom stereocenters. The van der Waals surface area contributed by atoms with Crippen LogP contribution in [-0.4, -0.2) is 11.0 Å². The molecule has 0 aliphatic carbocycles. The van der Waals surface area contributed by atoms with Crippen LogP contribution in [0.15, 0.2) is 24.3 Å². The van der Waals surface area contributed by atoms with Gasteiger partial charge in [0.05, 0.1) is 12.1 Å². The van der Waals surface area contributed by atoms with E-state index in [0.717, 1.165) is 4.88 Å². The van der Waals surface area contributed by atoms with Gasteiger partial charge in [-0.05, 0) is 43.7 Å². The van der Waals surface area contributed by atoms with Gasteiger partial charge in [0, 0.05) is 15.4 Å². The average molecular weight is 276 g/mol. The molecule has 2 rings (SSSR count). The van der Waals surface area contributed by atoms with Crippen LogP contribution >= 0.6 is 11.3 Å². The summed E-state index contributed by atoms with van der Waals surface area (Å²) in [6.45, 7) is 4.57. The maximum absolute atomic E-state index is 12.0. The van der Waals surface area contributed by atoms with Gasteiger partial charge in [-0.25, -0.2) is 0 Å². The fraction of sp³-hybridized carbons (Fsp3) is 0.214. The molecule has 1 aromatic carbocycles. The van der Waals surface area contributed by atoms with Gasteiger partial charge in [-0.2, -0.15) is 0 Å². The lowest BCUT2D eigenvalue weighted by molar-refractivity contribution is 0.0952. The molecule has 0 radical (unpaired) electrons. The van der Waals surface area contributed by atoms with Crippen LogP contribution in [0.1, 0.15) is 25.7 Å². The average Bonchev–Trinajstić information content (AvgIpc) is 2.69. The molecule has 2 aromatic rings. The van der Waals surface area contributed by atoms with Crippen molar-refractivity contribution in [3.05, 3.63) is 45.1 Å². The second-order valence-corrected chi connectivity index (χ2v) is 5.75. The maximum atomic E-state index is 12.0. The Hall–Kier alpha value is -2.01. The molecule has 100 valence electrons. The van der Waals surface area contributed by atoms with Gasteiger partial charge in [-0.1, -0.05) is 0 Å². The van der Waals surface area contributed by atoms with Crippen LogP contribution in [-0.2, 0) is 6.54 Å². The van der Waals surface area contributed by atoms with Crippen molar-refractivity contribution < 1.29 is 9.90 Å². The van der Waals surface area contributed by atoms with Crippen LogP contribution < -0.4 is 11.1 Å². The van der Waals surface area contributed by atoms with Crippen LogP contribution in [0.3, 0.4) is 0 Å². The second kappa shape index (κ2) is 5.32. The Morgan fingerprint density at radius 1 is 1.37 bits per heavy atom. The first kappa shape index (κ1) is 13.4. The van der Waals surface area contributed by atoms with E-state index in [0.29, 0.717) is 17.8 Å². The Balaban J connectivity index is 2.07. The van der Waals surface area contributed by atoms with E-state index in [4.69, 9.17) is 5.73 Å². The highest BCUT2D eigenvalue weighted by molar-refractivity contribution is 7.12. The number of phenolic OH excluding ortho intramolecular Hbond substituents is 1. The highest BCUT2D eigenvalue weighted by atomic mass is 32.1. The predicted molar refractivity (Wildman–Crippen MR) is 77.5 cm³/mol. The number of carbonyl (C=O) groups excluding carboxylic acids is 1. The number of anilines is 1. The topological polar surface area (TPSA) is 75.3 Å². The normalized spacial score (nSPS) is 10.4. The zero-order valence-corrected chi connectivity index (χ0v) is 11.7. The number of amides is 1. The molecule has 0 fully saturated rings. The number of nitrogens with one attached hydrogen (secondary N) is 1. The summed E-state index contributed by atoms with van der Waals surface area (Å²) in [4.78, 5) is 14.3. The third-order valence-electron chi connectivity index (χ3n) is 2.92. The minimum absolute atomic E-state index is 0.0298. The van der Waals surface area contributed by atoms with Crippen LogP contribution in [0.25, 0.3) is 0 Å². The first-order valence-electron chi connectivity index (χ1n) is 5.90. The Morgan fingerprint density at radius 3 is 2.74 bits per heavy atom. The van der Waals surface area contributed by atoms with Crippen LogP contribution in [0.2, 0.25) is 0 Å². The van der Waals surface area contributed by atoms with Crippen molar-refractivity contribution in [2.24, 2.45) is 0 Å². The van der Waals surface area contributed by atoms with Gasteiger partial charge in [0.2, 0.25) is 0 Å². The molecule has 1 aromatic heterocycles. The third-order valence-corrected chi connectivity index (χ3v) is 4.07. The quantitative estimate of drug-likeness (QED) is 0.596. The number of phenols is 1. The first-order valence-corrected chi connectivity index (χ1v) is 6.71. The second-order valence-electron chi connectivity index (χ2n) is 4.41. The number of hydrogen-bond donors (Lipinski definition) is 3. The molecule has 4 nitrogen and oxygen atoms in total. The smallest absolute Gasteiger partial charge is 0.253 e. The van der Waals surface area contributed by atoms with E-state index >= 15 is 0 Å². The van der Waals surface area contributed by atoms with Gasteiger partial charge >= 0.3 is 0 Å². The molecule has 1 amide bonds. The van der Waals surface area contributed by atoms with Gasteiger partial charge in [0.15, 0.2) is 0 Å². The molecule has 19 heavy (non-hydrogen) atoms. The summed E-state index contributed by atoms with van der Waals surface area (Å²) in [7, 11) is 0. The van der Waals surface area contributed by atoms with Gasteiger partial charge < -0.3 is 16.2 Å². The molecule has 0 spiro atoms. The van der Waals surface area contributed by atoms with E-state index in [-0.39, 0.29) is 11.7 Å². The van der Waals surface area contributed by atoms with E-state index in [1.165, 1.54) is 28.6 Å². The van der Waals surface area contributed by atoms with Crippen molar-refractivity contribution in [2.75, 3.05) is 5.73 Å². The van der Waals surface area contributed by atoms with E-state index in [1.807, 2.05) is 6.92 Å². The van der Waals surface area contributed by atoms with Gasteiger partial charge in [-0.15, -0.1) is 11.3 Å². The minimum Gasteiger partial charge on any atom is -0.508 e. The lowest BCUT2D eigenvalue weighted by Crippen LogP contribution is -2.23. The van der Waals surface area contributed by atoms with Crippen molar-refractivity contribution in [1.82, 2.24) is 5.32 Å². The summed E-state index contributed by atoms with van der Waals surface area (Å²) in [6.07, 6.45) is 0. The molecule has 4 N–H and O–H groups in total. The molecular formula is C14H16N2O2S. The number of nitrogens with two attached hydrogens (primary N) is 1. The number of hydrogen-bond acceptors (Lipinski definition) is 4. The summed E-state index contributed by atoms with van der Waals surface area (Å²) in [5, 5.41) is 12.2. The van der Waals surface area contributed by atoms with E-state index in [2.05, 4.69) is 18.3 Å². The van der Waals surface area contributed by atoms with Crippen LogP contribution in [0, 0.1) is 13.8 Å². The predicted octanol–water partition coefficient (Wildman–Crippen LogP) is 2.58. The fourth-order valence-electron chi connectivity index (χ4n) is 1.74. The van der Waals surface area contributed by atoms with Crippen LogP contribution in [0.4, 0.5) is 5.69 Å². The number of nitrogen functional groups attached to an aromatic ring is 1. The molecule has 0 aliphatic heterocycles. The van der Waals surface area contributed by atoms with Gasteiger partial charge in [0.1, 0.15) is 5.75 Å². The summed E-state index contributed by atoms with van der Waals surface area (Å²) in [5.41, 5.74) is 7.60. The van der Waals surface area contributed by atoms with E-state index in [1.54, 1.807) is 11.3 Å². The number of aromatic hydroxyl groups is 1. The highest BCUT2D eigenvalue weighted by Gasteiger charge is 2.11. The van der Waals surface area contributed by atoms with E-state index < -0.39 is 0 Å². The largest absolute Gasteiger partial charge is 0.508 e. The molecule has 0 bridgehead atoms. The van der Waals surface area contributed by atoms with Crippen molar-refractivity contribution in [2.45, 2.75) is 20.4 Å². The number of rotatable bonds is 3. The van der Waals surface area contributed by atoms with Crippen molar-refractivity contribution in [1.29, 1.82) is 0 Å². The molecule has 0 saturated heterocycles. The molecule has 0 aliphatic rings. The van der Waals surface area contributed by atoms with Crippen LogP contribution in [0.5, 0.6) is 5.75 Å². The molecular weight excluding hydrogens is 260 g/mol. The lowest BCUT2D eigenvalue weighted by atomic mass is 10.1. The Morgan fingerprint density at radius 2 is 2.11 bits per heavy atom. The van der Waals surface area contributed by atoms with Crippen molar-refractivity contribution >= 4 is 22.9 Å². The maximum Gasteiger partial charge on any atom is 0.253 e. The number of benzene rings is 1. The zero-order chi connectivity index (χ0) is 14.0. The molecule has 1 heterocycles. The van der Waals surface area contributed by atoms with Crippen molar-refractivity contribution in [3.8, 4) is 5.75 Å². The van der Waals surface area contributed by atoms with E-state index in [9.17, 15) is 9.90 Å². The summed E-state index contributed by atoms with van der Waals surface area (Å²) < 4.78 is 0. The Kier molecular flexibility index (Phi) is 3.76. The number of aryl methyl sites for hydroxylation is 2. The highest BCUT2D eigenvalue weighted by Crippen LogP contribution is 2.21. The third kappa shape index (κ3) is 3.06. The SMILES string of the molecule is Cc1cc(CNC(=O)c2cc(O)ccc2N)sc1C. The first-order chi connectivity index (χ1) is 8.97. The Labute approximate surface area is 115 Å². The molecule has 0 atom stereocenters. The monoisotopic (exact) mass is 276 g/mol. The standard InChI is InChI=1S/C14H16N2O2S/c1-8-5-11(19-9(8)2)7-16-14(18)12-6-10(17)3-4-13(12)15/h3-6,17H,7,15H2,1-2H3,(H,16,18). The van der Waals surface area contributed by atoms with Crippen molar-refractivity contribution in [3.63, 3.8) is 0 Å². The number of carbonyl (C=O) groups is 1. The summed E-state index contributed by atoms with van der Waals surface area (Å²) >= 11 is 1.66. The fourth-order valence-corrected chi connectivity index (χ4v) is 2.73. The summed E-state index contributed by atoms with van der Waals surface area (Å²) in [6, 6.07) is 6.41. The Bertz CT molecular complexity index is 600. The zero-order valence-electron chi connectivity index (χ0n) is 10.9. The lowest BCUT2D eigenvalue weighted by Gasteiger charge is -2.07. The molecule has 0 saturated carbocycles. The molecule has 5 heteroatoms. The minimum atomic E-state index is -0.280. The van der Waals surface area contributed by atoms with Gasteiger partial charge in [-0.3, -0.25) is 4.79 Å². The number of thiophene rings is 1. The van der Waals surface area contributed by atoms with Gasteiger partial charge in [0.25, 0.3) is 5.91 Å². The summed E-state index contributed by atoms with van der Waals surface area (Å²) in [5.74, 6) is -0.251.